The first-order valence-corrected chi connectivity index (χ1v) is 7.43. The number of carboxylic acids is 1. The fraction of sp³-hybridized carbons (Fsp3) is 0.545. The fourth-order valence-corrected chi connectivity index (χ4v) is 3.30. The lowest BCUT2D eigenvalue weighted by Gasteiger charge is -2.08. The number of aromatic nitrogens is 1. The molecule has 1 rings (SSSR count). The Hall–Kier alpha value is -1.52. The number of sulfonamides is 1. The molecule has 21 heavy (non-hydrogen) atoms. The van der Waals surface area contributed by atoms with Gasteiger partial charge in [0, 0.05) is 17.8 Å². The molecule has 0 aliphatic rings. The Morgan fingerprint density at radius 3 is 2.52 bits per heavy atom. The summed E-state index contributed by atoms with van der Waals surface area (Å²) < 4.78 is 54.5. The molecule has 0 bridgehead atoms. The number of hydrogen-bond donors (Lipinski definition) is 3. The van der Waals surface area contributed by atoms with Crippen LogP contribution < -0.4 is 4.72 Å². The number of aromatic carboxylic acids is 1. The predicted molar refractivity (Wildman–Crippen MR) is 69.2 cm³/mol. The van der Waals surface area contributed by atoms with Crippen molar-refractivity contribution in [1.82, 2.24) is 9.71 Å². The average Bonchev–Trinajstić information content (AvgIpc) is 2.64. The summed E-state index contributed by atoms with van der Waals surface area (Å²) in [5.74, 6) is -1.27. The maximum absolute atomic E-state index is 12.1. The second-order valence-corrected chi connectivity index (χ2v) is 5.95. The normalized spacial score (nSPS) is 12.0. The monoisotopic (exact) mass is 326 g/mol. The van der Waals surface area contributed by atoms with Crippen LogP contribution in [0.3, 0.4) is 0 Å². The number of carbonyl (C=O) groups is 1. The highest BCUT2D eigenvalue weighted by atomic mass is 32.2. The molecule has 10 heteroatoms. The van der Waals surface area contributed by atoms with E-state index in [1.54, 1.807) is 0 Å². The molecule has 0 saturated carbocycles. The number of nitrogens with one attached hydrogen (secondary N) is 2. The van der Waals surface area contributed by atoms with Gasteiger partial charge in [0.1, 0.15) is 17.2 Å². The highest BCUT2D eigenvalue weighted by Gasteiger charge is 2.25. The number of aromatic amines is 1. The number of alkyl halides is 2. The zero-order valence-electron chi connectivity index (χ0n) is 11.4. The molecule has 0 fully saturated rings. The van der Waals surface area contributed by atoms with Gasteiger partial charge < -0.3 is 14.8 Å². The van der Waals surface area contributed by atoms with Gasteiger partial charge in [-0.25, -0.2) is 26.7 Å². The van der Waals surface area contributed by atoms with E-state index in [0.29, 0.717) is 0 Å². The van der Waals surface area contributed by atoms with Gasteiger partial charge in [-0.15, -0.1) is 0 Å². The van der Waals surface area contributed by atoms with E-state index in [2.05, 4.69) is 14.4 Å². The van der Waals surface area contributed by atoms with Crippen LogP contribution in [0.5, 0.6) is 0 Å². The number of hydrogen-bond acceptors (Lipinski definition) is 4. The molecule has 0 aliphatic carbocycles. The van der Waals surface area contributed by atoms with Gasteiger partial charge in [0.15, 0.2) is 0 Å². The average molecular weight is 326 g/mol. The number of ether oxygens (including phenoxy) is 1. The topological polar surface area (TPSA) is 108 Å². The second kappa shape index (κ2) is 6.96. The van der Waals surface area contributed by atoms with Crippen molar-refractivity contribution < 1.29 is 31.8 Å². The van der Waals surface area contributed by atoms with Crippen molar-refractivity contribution in [2.75, 3.05) is 19.8 Å². The van der Waals surface area contributed by atoms with Crippen LogP contribution in [0.2, 0.25) is 0 Å². The van der Waals surface area contributed by atoms with Crippen molar-refractivity contribution >= 4 is 16.0 Å². The van der Waals surface area contributed by atoms with Gasteiger partial charge in [-0.2, -0.15) is 0 Å². The summed E-state index contributed by atoms with van der Waals surface area (Å²) in [6.45, 7) is 1.63. The van der Waals surface area contributed by atoms with Crippen molar-refractivity contribution in [2.24, 2.45) is 0 Å². The van der Waals surface area contributed by atoms with Gasteiger partial charge in [-0.05, 0) is 13.8 Å². The summed E-state index contributed by atoms with van der Waals surface area (Å²) in [6, 6.07) is 0. The Balaban J connectivity index is 2.77. The molecular weight excluding hydrogens is 310 g/mol. The van der Waals surface area contributed by atoms with Crippen LogP contribution in [0.1, 0.15) is 21.7 Å². The quantitative estimate of drug-likeness (QED) is 0.615. The van der Waals surface area contributed by atoms with E-state index in [-0.39, 0.29) is 35.0 Å². The van der Waals surface area contributed by atoms with Crippen LogP contribution in [0, 0.1) is 13.8 Å². The molecule has 7 nitrogen and oxygen atoms in total. The Labute approximate surface area is 120 Å². The predicted octanol–water partition coefficient (Wildman–Crippen LogP) is 0.890. The Morgan fingerprint density at radius 1 is 1.43 bits per heavy atom. The number of carboxylic acid groups (broad SMARTS) is 1. The molecule has 1 aromatic heterocycles. The molecule has 0 radical (unpaired) electrons. The van der Waals surface area contributed by atoms with Gasteiger partial charge in [-0.3, -0.25) is 0 Å². The first-order chi connectivity index (χ1) is 9.66. The Kier molecular flexibility index (Phi) is 5.81. The molecule has 0 saturated heterocycles. The molecule has 120 valence electrons. The van der Waals surface area contributed by atoms with Crippen LogP contribution >= 0.6 is 0 Å². The van der Waals surface area contributed by atoms with E-state index >= 15 is 0 Å². The third-order valence-electron chi connectivity index (χ3n) is 2.63. The summed E-state index contributed by atoms with van der Waals surface area (Å²) in [6.07, 6.45) is -2.62. The van der Waals surface area contributed by atoms with E-state index in [0.717, 1.165) is 0 Å². The lowest BCUT2D eigenvalue weighted by molar-refractivity contribution is 0.0199. The van der Waals surface area contributed by atoms with Crippen molar-refractivity contribution in [1.29, 1.82) is 0 Å². The summed E-state index contributed by atoms with van der Waals surface area (Å²) in [7, 11) is -3.95. The van der Waals surface area contributed by atoms with Crippen molar-refractivity contribution in [3.05, 3.63) is 17.0 Å². The maximum atomic E-state index is 12.1. The van der Waals surface area contributed by atoms with E-state index in [4.69, 9.17) is 5.11 Å². The third-order valence-corrected chi connectivity index (χ3v) is 4.37. The SMILES string of the molecule is Cc1[nH]c(C(=O)O)c(C)c1S(=O)(=O)NCCOCC(F)F. The maximum Gasteiger partial charge on any atom is 0.352 e. The molecule has 0 aromatic carbocycles. The van der Waals surface area contributed by atoms with E-state index in [9.17, 15) is 22.0 Å². The minimum atomic E-state index is -3.95. The second-order valence-electron chi connectivity index (χ2n) is 4.25. The molecular formula is C11H16F2N2O5S. The number of rotatable bonds is 8. The zero-order chi connectivity index (χ0) is 16.2. The lowest BCUT2D eigenvalue weighted by atomic mass is 10.2. The summed E-state index contributed by atoms with van der Waals surface area (Å²) in [5, 5.41) is 8.93. The van der Waals surface area contributed by atoms with E-state index in [1.165, 1.54) is 13.8 Å². The summed E-state index contributed by atoms with van der Waals surface area (Å²) >= 11 is 0. The molecule has 0 amide bonds. The lowest BCUT2D eigenvalue weighted by Crippen LogP contribution is -2.28. The highest BCUT2D eigenvalue weighted by Crippen LogP contribution is 2.22. The molecule has 0 unspecified atom stereocenters. The van der Waals surface area contributed by atoms with Crippen LogP contribution in [0.25, 0.3) is 0 Å². The summed E-state index contributed by atoms with van der Waals surface area (Å²) in [4.78, 5) is 13.3. The summed E-state index contributed by atoms with van der Waals surface area (Å²) in [5.41, 5.74) is 0.0636. The Morgan fingerprint density at radius 2 is 2.05 bits per heavy atom. The molecule has 0 aliphatic heterocycles. The van der Waals surface area contributed by atoms with Gasteiger partial charge >= 0.3 is 5.97 Å². The highest BCUT2D eigenvalue weighted by molar-refractivity contribution is 7.89. The van der Waals surface area contributed by atoms with Crippen LogP contribution in [0.4, 0.5) is 8.78 Å². The van der Waals surface area contributed by atoms with Crippen molar-refractivity contribution in [3.8, 4) is 0 Å². The third kappa shape index (κ3) is 4.48. The van der Waals surface area contributed by atoms with Gasteiger partial charge in [0.05, 0.1) is 6.61 Å². The molecule has 1 heterocycles. The number of halogens is 2. The number of aryl methyl sites for hydroxylation is 1. The smallest absolute Gasteiger partial charge is 0.352 e. The van der Waals surface area contributed by atoms with Crippen LogP contribution in [-0.2, 0) is 14.8 Å². The molecule has 3 N–H and O–H groups in total. The van der Waals surface area contributed by atoms with Crippen molar-refractivity contribution in [2.45, 2.75) is 25.2 Å². The van der Waals surface area contributed by atoms with E-state index < -0.39 is 29.0 Å². The first kappa shape index (κ1) is 17.5. The van der Waals surface area contributed by atoms with Crippen LogP contribution in [0.15, 0.2) is 4.90 Å². The number of H-pyrrole nitrogens is 1. The molecule has 0 atom stereocenters. The van der Waals surface area contributed by atoms with Gasteiger partial charge in [0.25, 0.3) is 6.43 Å². The molecule has 0 spiro atoms. The van der Waals surface area contributed by atoms with Gasteiger partial charge in [0.2, 0.25) is 10.0 Å². The zero-order valence-corrected chi connectivity index (χ0v) is 12.3. The van der Waals surface area contributed by atoms with E-state index in [1.807, 2.05) is 0 Å². The van der Waals surface area contributed by atoms with Crippen molar-refractivity contribution in [3.63, 3.8) is 0 Å². The largest absolute Gasteiger partial charge is 0.477 e. The standard InChI is InChI=1S/C11H16F2N2O5S/c1-6-9(11(16)17)15-7(2)10(6)21(18,19)14-3-4-20-5-8(12)13/h8,14-15H,3-5H2,1-2H3,(H,16,17). The van der Waals surface area contributed by atoms with Gasteiger partial charge in [-0.1, -0.05) is 0 Å². The fourth-order valence-electron chi connectivity index (χ4n) is 1.84. The Bertz CT molecular complexity index is 612. The molecule has 1 aromatic rings. The first-order valence-electron chi connectivity index (χ1n) is 5.94. The minimum Gasteiger partial charge on any atom is -0.477 e. The minimum absolute atomic E-state index is 0.0843. The van der Waals surface area contributed by atoms with Crippen LogP contribution in [-0.4, -0.2) is 50.7 Å².